The minimum atomic E-state index is -5.08. The first-order valence-electron chi connectivity index (χ1n) is 16.6. The summed E-state index contributed by atoms with van der Waals surface area (Å²) in [6.45, 7) is 1.87. The number of amides is 2. The Labute approximate surface area is 314 Å². The number of methoxy groups -OCH3 is 1. The van der Waals surface area contributed by atoms with Gasteiger partial charge in [0.15, 0.2) is 0 Å². The summed E-state index contributed by atoms with van der Waals surface area (Å²) >= 11 is 0. The molecule has 0 aliphatic heterocycles. The van der Waals surface area contributed by atoms with Gasteiger partial charge in [-0.25, -0.2) is 22.7 Å². The van der Waals surface area contributed by atoms with Crippen molar-refractivity contribution in [2.75, 3.05) is 13.7 Å². The van der Waals surface area contributed by atoms with Gasteiger partial charge < -0.3 is 36.9 Å². The zero-order valence-corrected chi connectivity index (χ0v) is 30.6. The topological polar surface area (TPSA) is 248 Å². The number of benzene rings is 3. The van der Waals surface area contributed by atoms with Gasteiger partial charge in [-0.1, -0.05) is 66.2 Å². The smallest absolute Gasteiger partial charge is 0.475 e. The van der Waals surface area contributed by atoms with E-state index in [2.05, 4.69) is 25.3 Å². The highest BCUT2D eigenvalue weighted by molar-refractivity contribution is 7.90. The van der Waals surface area contributed by atoms with Crippen molar-refractivity contribution in [1.82, 2.24) is 20.3 Å². The average molecular weight is 790 g/mol. The second kappa shape index (κ2) is 19.9. The number of ether oxygens (including phenoxy) is 1. The number of aliphatic imine (C=N–C) groups is 1. The van der Waals surface area contributed by atoms with E-state index in [4.69, 9.17) is 26.1 Å². The molecule has 9 N–H and O–H groups in total. The van der Waals surface area contributed by atoms with Gasteiger partial charge in [-0.3, -0.25) is 14.6 Å². The summed E-state index contributed by atoms with van der Waals surface area (Å²) in [6.07, 6.45) is -2.63. The minimum Gasteiger partial charge on any atom is -0.475 e. The Morgan fingerprint density at radius 1 is 0.909 bits per heavy atom. The zero-order valence-electron chi connectivity index (χ0n) is 29.8. The lowest BCUT2D eigenvalue weighted by Gasteiger charge is -2.23. The van der Waals surface area contributed by atoms with Crippen molar-refractivity contribution in [2.45, 2.75) is 61.8 Å². The molecular formula is C36H42F3N7O8S. The van der Waals surface area contributed by atoms with E-state index in [0.29, 0.717) is 0 Å². The number of fused-ring (bicyclic) bond motifs is 1. The predicted octanol–water partition coefficient (Wildman–Crippen LogP) is 2.44. The molecule has 55 heavy (non-hydrogen) atoms. The number of sulfonamides is 1. The van der Waals surface area contributed by atoms with Crippen LogP contribution in [0.15, 0.2) is 94.9 Å². The van der Waals surface area contributed by atoms with Crippen molar-refractivity contribution in [3.63, 3.8) is 0 Å². The molecule has 0 radical (unpaired) electrons. The van der Waals surface area contributed by atoms with E-state index in [1.54, 1.807) is 18.3 Å². The number of carboxylic acids is 1. The molecule has 0 bridgehead atoms. The second-order valence-corrected chi connectivity index (χ2v) is 13.8. The lowest BCUT2D eigenvalue weighted by molar-refractivity contribution is -0.192. The van der Waals surface area contributed by atoms with Gasteiger partial charge in [-0.15, -0.1) is 0 Å². The van der Waals surface area contributed by atoms with E-state index in [0.717, 1.165) is 27.6 Å². The Kier molecular flexibility index (Phi) is 15.7. The number of aryl methyl sites for hydroxylation is 1. The predicted molar refractivity (Wildman–Crippen MR) is 197 cm³/mol. The highest BCUT2D eigenvalue weighted by Gasteiger charge is 2.38. The SMILES string of the molecule is COC(=O)[C@H](Cc1c[nH]c2ccccc12)NC(=O)[C@H](CCCN=C(N)NS(=O)(=O)c1ccc(C)cc1)NC(=O)[C@@H](N)Cc1ccccc1.O=C(O)C(F)(F)F. The number of guanidine groups is 1. The lowest BCUT2D eigenvalue weighted by atomic mass is 10.0. The third-order valence-corrected chi connectivity index (χ3v) is 9.29. The number of hydrogen-bond acceptors (Lipinski definition) is 9. The molecule has 0 aliphatic carbocycles. The molecule has 296 valence electrons. The normalized spacial score (nSPS) is 13.4. The summed E-state index contributed by atoms with van der Waals surface area (Å²) in [7, 11) is -2.71. The first kappa shape index (κ1) is 43.5. The Balaban J connectivity index is 0.00000106. The van der Waals surface area contributed by atoms with Gasteiger partial charge in [0.25, 0.3) is 10.0 Å². The van der Waals surface area contributed by atoms with Crippen LogP contribution in [0.1, 0.15) is 29.5 Å². The second-order valence-electron chi connectivity index (χ2n) is 12.1. The Hall–Kier alpha value is -5.95. The van der Waals surface area contributed by atoms with E-state index in [1.165, 1.54) is 19.2 Å². The summed E-state index contributed by atoms with van der Waals surface area (Å²) in [5.74, 6) is -4.91. The van der Waals surface area contributed by atoms with Gasteiger partial charge in [0.1, 0.15) is 12.1 Å². The maximum Gasteiger partial charge on any atom is 0.490 e. The fourth-order valence-corrected chi connectivity index (χ4v) is 6.03. The van der Waals surface area contributed by atoms with E-state index >= 15 is 0 Å². The third-order valence-electron chi connectivity index (χ3n) is 7.92. The number of alkyl halides is 3. The molecule has 1 heterocycles. The van der Waals surface area contributed by atoms with Crippen LogP contribution in [0.25, 0.3) is 10.9 Å². The van der Waals surface area contributed by atoms with Crippen molar-refractivity contribution in [3.05, 3.63) is 102 Å². The van der Waals surface area contributed by atoms with Crippen molar-refractivity contribution in [1.29, 1.82) is 0 Å². The molecule has 3 atom stereocenters. The molecule has 0 aliphatic rings. The minimum absolute atomic E-state index is 0.0327. The Morgan fingerprint density at radius 2 is 1.51 bits per heavy atom. The van der Waals surface area contributed by atoms with Crippen LogP contribution >= 0.6 is 0 Å². The molecule has 0 saturated carbocycles. The quantitative estimate of drug-likeness (QED) is 0.0401. The van der Waals surface area contributed by atoms with Gasteiger partial charge in [-0.05, 0) is 55.5 Å². The number of aromatic amines is 1. The fraction of sp³-hybridized carbons (Fsp3) is 0.306. The van der Waals surface area contributed by atoms with E-state index < -0.39 is 58.1 Å². The van der Waals surface area contributed by atoms with E-state index in [9.17, 15) is 36.0 Å². The number of nitrogens with zero attached hydrogens (tertiary/aromatic N) is 1. The van der Waals surface area contributed by atoms with Crippen molar-refractivity contribution in [3.8, 4) is 0 Å². The number of halogens is 3. The summed E-state index contributed by atoms with van der Waals surface area (Å²) < 4.78 is 64.2. The Morgan fingerprint density at radius 3 is 2.13 bits per heavy atom. The number of nitrogens with two attached hydrogens (primary N) is 2. The van der Waals surface area contributed by atoms with E-state index in [1.807, 2.05) is 61.5 Å². The largest absolute Gasteiger partial charge is 0.490 e. The summed E-state index contributed by atoms with van der Waals surface area (Å²) in [6, 6.07) is 19.9. The van der Waals surface area contributed by atoms with E-state index in [-0.39, 0.29) is 43.1 Å². The van der Waals surface area contributed by atoms with Crippen LogP contribution in [-0.4, -0.2) is 86.2 Å². The number of carbonyl (C=O) groups excluding carboxylic acids is 3. The number of nitrogens with one attached hydrogen (secondary N) is 4. The average Bonchev–Trinajstić information content (AvgIpc) is 3.54. The summed E-state index contributed by atoms with van der Waals surface area (Å²) in [4.78, 5) is 55.8. The van der Waals surface area contributed by atoms with Crippen molar-refractivity contribution < 1.29 is 50.6 Å². The molecule has 0 fully saturated rings. The third kappa shape index (κ3) is 13.8. The molecule has 19 heteroatoms. The number of hydrogen-bond donors (Lipinski definition) is 7. The number of carboxylic acid groups (broad SMARTS) is 1. The lowest BCUT2D eigenvalue weighted by Crippen LogP contribution is -2.55. The van der Waals surface area contributed by atoms with Crippen LogP contribution in [0, 0.1) is 6.92 Å². The summed E-state index contributed by atoms with van der Waals surface area (Å²) in [5.41, 5.74) is 15.5. The molecule has 0 spiro atoms. The molecular weight excluding hydrogens is 747 g/mol. The van der Waals surface area contributed by atoms with Gasteiger partial charge in [0.2, 0.25) is 17.8 Å². The molecule has 2 amide bonds. The maximum atomic E-state index is 13.6. The molecule has 4 aromatic rings. The van der Waals surface area contributed by atoms with Crippen LogP contribution in [-0.2, 0) is 46.8 Å². The highest BCUT2D eigenvalue weighted by Crippen LogP contribution is 2.20. The molecule has 1 aromatic heterocycles. The first-order chi connectivity index (χ1) is 25.9. The number of esters is 1. The molecule has 3 aromatic carbocycles. The fourth-order valence-electron chi connectivity index (χ4n) is 5.08. The number of H-pyrrole nitrogens is 1. The van der Waals surface area contributed by atoms with Crippen molar-refractivity contribution >= 4 is 50.6 Å². The number of aromatic nitrogens is 1. The molecule has 4 rings (SSSR count). The van der Waals surface area contributed by atoms with Crippen molar-refractivity contribution in [2.24, 2.45) is 16.5 Å². The number of carbonyl (C=O) groups is 4. The highest BCUT2D eigenvalue weighted by atomic mass is 32.2. The molecule has 15 nitrogen and oxygen atoms in total. The van der Waals surface area contributed by atoms with Gasteiger partial charge in [0, 0.05) is 30.1 Å². The number of para-hydroxylation sites is 1. The van der Waals surface area contributed by atoms with Gasteiger partial charge in [-0.2, -0.15) is 13.2 Å². The number of rotatable bonds is 15. The van der Waals surface area contributed by atoms with Gasteiger partial charge >= 0.3 is 18.1 Å². The van der Waals surface area contributed by atoms with Crippen LogP contribution < -0.4 is 26.8 Å². The van der Waals surface area contributed by atoms with Crippen LogP contribution in [0.4, 0.5) is 13.2 Å². The Bertz CT molecular complexity index is 2060. The summed E-state index contributed by atoms with van der Waals surface area (Å²) in [5, 5.41) is 13.5. The first-order valence-corrected chi connectivity index (χ1v) is 18.1. The van der Waals surface area contributed by atoms with Crippen LogP contribution in [0.5, 0.6) is 0 Å². The zero-order chi connectivity index (χ0) is 40.8. The molecule has 0 unspecified atom stereocenters. The standard InChI is InChI=1S/C34H41N7O6S.C2HF3O2/c1-22-14-16-25(17-15-22)48(45,46)41-34(36)37-18-8-13-29(39-31(42)27(35)19-23-9-4-3-5-10-23)32(43)40-30(33(44)47-2)20-24-21-38-28-12-7-6-11-26(24)28;3-2(4,5)1(6)7/h3-7,9-12,14-17,21,27,29-30,38H,8,13,18-20,35H2,1-2H3,(H,39,42)(H,40,43)(H3,36,37,41);(H,6,7)/t27-,29-,30-;/m0./s1. The van der Waals surface area contributed by atoms with Gasteiger partial charge in [0.05, 0.1) is 18.0 Å². The maximum absolute atomic E-state index is 13.6. The molecule has 0 saturated heterocycles. The number of aliphatic carboxylic acids is 1. The van der Waals surface area contributed by atoms with Crippen LogP contribution in [0.3, 0.4) is 0 Å². The van der Waals surface area contributed by atoms with Crippen LogP contribution in [0.2, 0.25) is 0 Å². The monoisotopic (exact) mass is 789 g/mol.